The Morgan fingerprint density at radius 1 is 1.47 bits per heavy atom. The Kier molecular flexibility index (Phi) is 3.72. The molecule has 0 radical (unpaired) electrons. The topological polar surface area (TPSA) is 46.5 Å². The minimum Gasteiger partial charge on any atom is -0.508 e. The number of aryl methyl sites for hydroxylation is 1. The van der Waals surface area contributed by atoms with Crippen molar-refractivity contribution < 1.29 is 14.6 Å². The average Bonchev–Trinajstić information content (AvgIpc) is 2.08. The fourth-order valence-electron chi connectivity index (χ4n) is 1.28. The van der Waals surface area contributed by atoms with Crippen molar-refractivity contribution in [2.45, 2.75) is 33.3 Å². The largest absolute Gasteiger partial charge is 0.508 e. The number of carbonyl (C=O) groups excluding carboxylic acids is 1. The van der Waals surface area contributed by atoms with E-state index in [9.17, 15) is 9.90 Å². The number of ether oxygens (including phenoxy) is 1. The van der Waals surface area contributed by atoms with Crippen LogP contribution < -0.4 is 0 Å². The zero-order valence-corrected chi connectivity index (χ0v) is 9.28. The van der Waals surface area contributed by atoms with Crippen LogP contribution in [0.15, 0.2) is 18.2 Å². The van der Waals surface area contributed by atoms with Crippen molar-refractivity contribution in [3.8, 4) is 5.75 Å². The molecule has 0 aliphatic heterocycles. The molecule has 3 nitrogen and oxygen atoms in total. The van der Waals surface area contributed by atoms with E-state index in [1.165, 1.54) is 0 Å². The molecular formula is C12H16O3. The van der Waals surface area contributed by atoms with Crippen LogP contribution in [0.25, 0.3) is 0 Å². The summed E-state index contributed by atoms with van der Waals surface area (Å²) in [5.74, 6) is -0.167. The maximum absolute atomic E-state index is 11.3. The number of hydrogen-bond donors (Lipinski definition) is 1. The Morgan fingerprint density at radius 3 is 2.67 bits per heavy atom. The van der Waals surface area contributed by atoms with Gasteiger partial charge in [0.05, 0.1) is 12.5 Å². The molecule has 0 aliphatic rings. The summed E-state index contributed by atoms with van der Waals surface area (Å²) in [7, 11) is 0. The molecule has 0 unspecified atom stereocenters. The van der Waals surface area contributed by atoms with Crippen LogP contribution in [-0.2, 0) is 16.0 Å². The van der Waals surface area contributed by atoms with Crippen LogP contribution in [-0.4, -0.2) is 17.2 Å². The highest BCUT2D eigenvalue weighted by atomic mass is 16.5. The lowest BCUT2D eigenvalue weighted by Crippen LogP contribution is -2.13. The number of aromatic hydroxyl groups is 1. The van der Waals surface area contributed by atoms with E-state index in [0.717, 1.165) is 5.56 Å². The van der Waals surface area contributed by atoms with Gasteiger partial charge < -0.3 is 9.84 Å². The van der Waals surface area contributed by atoms with E-state index in [1.807, 2.05) is 13.0 Å². The summed E-state index contributed by atoms with van der Waals surface area (Å²) < 4.78 is 4.99. The highest BCUT2D eigenvalue weighted by molar-refractivity contribution is 5.73. The number of carbonyl (C=O) groups is 1. The predicted molar refractivity (Wildman–Crippen MR) is 57.8 cm³/mol. The summed E-state index contributed by atoms with van der Waals surface area (Å²) in [6.45, 7) is 5.48. The van der Waals surface area contributed by atoms with E-state index in [0.29, 0.717) is 5.56 Å². The van der Waals surface area contributed by atoms with Crippen molar-refractivity contribution in [2.24, 2.45) is 0 Å². The van der Waals surface area contributed by atoms with Crippen LogP contribution in [0, 0.1) is 6.92 Å². The second-order valence-corrected chi connectivity index (χ2v) is 3.85. The molecule has 3 heteroatoms. The first kappa shape index (κ1) is 11.6. The lowest BCUT2D eigenvalue weighted by Gasteiger charge is -2.09. The first-order chi connectivity index (χ1) is 6.99. The molecule has 0 saturated heterocycles. The molecule has 0 bridgehead atoms. The predicted octanol–water partition coefficient (Wildman–Crippen LogP) is 2.19. The van der Waals surface area contributed by atoms with E-state index in [4.69, 9.17) is 4.74 Å². The third-order valence-electron chi connectivity index (χ3n) is 1.94. The first-order valence-electron chi connectivity index (χ1n) is 4.97. The van der Waals surface area contributed by atoms with Crippen LogP contribution >= 0.6 is 0 Å². The number of rotatable bonds is 3. The number of hydrogen-bond acceptors (Lipinski definition) is 3. The summed E-state index contributed by atoms with van der Waals surface area (Å²) >= 11 is 0. The summed E-state index contributed by atoms with van der Waals surface area (Å²) in [6, 6.07) is 5.24. The highest BCUT2D eigenvalue weighted by Gasteiger charge is 2.10. The summed E-state index contributed by atoms with van der Waals surface area (Å²) in [5.41, 5.74) is 1.57. The van der Waals surface area contributed by atoms with Gasteiger partial charge in [0.15, 0.2) is 0 Å². The van der Waals surface area contributed by atoms with Crippen LogP contribution in [0.5, 0.6) is 5.75 Å². The van der Waals surface area contributed by atoms with Gasteiger partial charge in [-0.3, -0.25) is 4.79 Å². The molecule has 0 aliphatic carbocycles. The summed E-state index contributed by atoms with van der Waals surface area (Å²) in [4.78, 5) is 11.3. The van der Waals surface area contributed by atoms with Gasteiger partial charge in [0.25, 0.3) is 0 Å². The molecule has 0 aromatic heterocycles. The van der Waals surface area contributed by atoms with E-state index < -0.39 is 0 Å². The van der Waals surface area contributed by atoms with E-state index in [1.54, 1.807) is 26.0 Å². The zero-order chi connectivity index (χ0) is 11.4. The van der Waals surface area contributed by atoms with Crippen molar-refractivity contribution >= 4 is 5.97 Å². The maximum Gasteiger partial charge on any atom is 0.310 e. The molecule has 1 aromatic carbocycles. The minimum absolute atomic E-state index is 0.115. The Morgan fingerprint density at radius 2 is 2.13 bits per heavy atom. The van der Waals surface area contributed by atoms with Gasteiger partial charge in [-0.2, -0.15) is 0 Å². The van der Waals surface area contributed by atoms with Gasteiger partial charge in [-0.25, -0.2) is 0 Å². The van der Waals surface area contributed by atoms with E-state index in [-0.39, 0.29) is 24.2 Å². The smallest absolute Gasteiger partial charge is 0.310 e. The third kappa shape index (κ3) is 3.62. The lowest BCUT2D eigenvalue weighted by atomic mass is 10.1. The molecule has 15 heavy (non-hydrogen) atoms. The number of phenols is 1. The van der Waals surface area contributed by atoms with Gasteiger partial charge in [-0.15, -0.1) is 0 Å². The summed E-state index contributed by atoms with van der Waals surface area (Å²) in [5, 5.41) is 9.57. The molecule has 0 amide bonds. The molecule has 0 fully saturated rings. The Balaban J connectivity index is 2.68. The van der Waals surface area contributed by atoms with Gasteiger partial charge in [-0.05, 0) is 32.4 Å². The monoisotopic (exact) mass is 208 g/mol. The summed E-state index contributed by atoms with van der Waals surface area (Å²) in [6.07, 6.45) is -0.00492. The fourth-order valence-corrected chi connectivity index (χ4v) is 1.28. The highest BCUT2D eigenvalue weighted by Crippen LogP contribution is 2.19. The Hall–Kier alpha value is -1.51. The van der Waals surface area contributed by atoms with Gasteiger partial charge in [0.1, 0.15) is 5.75 Å². The first-order valence-corrected chi connectivity index (χ1v) is 4.97. The van der Waals surface area contributed by atoms with Crippen molar-refractivity contribution in [2.75, 3.05) is 0 Å². The zero-order valence-electron chi connectivity index (χ0n) is 9.28. The maximum atomic E-state index is 11.3. The SMILES string of the molecule is Cc1ccc(CC(=O)OC(C)C)c(O)c1. The van der Waals surface area contributed by atoms with Crippen LogP contribution in [0.4, 0.5) is 0 Å². The molecule has 0 atom stereocenters. The quantitative estimate of drug-likeness (QED) is 0.774. The number of phenolic OH excluding ortho intramolecular Hbond substituents is 1. The minimum atomic E-state index is -0.316. The molecular weight excluding hydrogens is 192 g/mol. The number of benzene rings is 1. The van der Waals surface area contributed by atoms with Crippen LogP contribution in [0.3, 0.4) is 0 Å². The van der Waals surface area contributed by atoms with Gasteiger partial charge in [-0.1, -0.05) is 12.1 Å². The van der Waals surface area contributed by atoms with Gasteiger partial charge in [0.2, 0.25) is 0 Å². The number of esters is 1. The average molecular weight is 208 g/mol. The van der Waals surface area contributed by atoms with Crippen molar-refractivity contribution in [1.82, 2.24) is 0 Å². The second kappa shape index (κ2) is 4.82. The fraction of sp³-hybridized carbons (Fsp3) is 0.417. The third-order valence-corrected chi connectivity index (χ3v) is 1.94. The lowest BCUT2D eigenvalue weighted by molar-refractivity contribution is -0.146. The van der Waals surface area contributed by atoms with Gasteiger partial charge >= 0.3 is 5.97 Å². The molecule has 1 rings (SSSR count). The molecule has 0 saturated carbocycles. The van der Waals surface area contributed by atoms with Crippen molar-refractivity contribution in [3.63, 3.8) is 0 Å². The van der Waals surface area contributed by atoms with Crippen molar-refractivity contribution in [1.29, 1.82) is 0 Å². The van der Waals surface area contributed by atoms with E-state index >= 15 is 0 Å². The molecule has 0 heterocycles. The van der Waals surface area contributed by atoms with Gasteiger partial charge in [0, 0.05) is 5.56 Å². The Bertz CT molecular complexity index is 356. The van der Waals surface area contributed by atoms with Crippen LogP contribution in [0.2, 0.25) is 0 Å². The Labute approximate surface area is 89.7 Å². The standard InChI is InChI=1S/C12H16O3/c1-8(2)15-12(14)7-10-5-4-9(3)6-11(10)13/h4-6,8,13H,7H2,1-3H3. The van der Waals surface area contributed by atoms with Crippen molar-refractivity contribution in [3.05, 3.63) is 29.3 Å². The molecule has 82 valence electrons. The normalized spacial score (nSPS) is 10.4. The molecule has 1 aromatic rings. The molecule has 0 spiro atoms. The molecule has 1 N–H and O–H groups in total. The van der Waals surface area contributed by atoms with Crippen LogP contribution in [0.1, 0.15) is 25.0 Å². The second-order valence-electron chi connectivity index (χ2n) is 3.85. The van der Waals surface area contributed by atoms with E-state index in [2.05, 4.69) is 0 Å².